The molecule has 3 rings (SSSR count). The number of hydrogen-bond acceptors (Lipinski definition) is 4. The van der Waals surface area contributed by atoms with Crippen molar-refractivity contribution in [2.45, 2.75) is 19.3 Å². The third kappa shape index (κ3) is 2.52. The number of hydrogen-bond donors (Lipinski definition) is 2. The molecule has 2 aromatic rings. The van der Waals surface area contributed by atoms with Gasteiger partial charge in [-0.15, -0.1) is 0 Å². The molecule has 1 aliphatic rings. The van der Waals surface area contributed by atoms with Crippen molar-refractivity contribution < 1.29 is 9.94 Å². The summed E-state index contributed by atoms with van der Waals surface area (Å²) in [5, 5.41) is 12.8. The first-order valence-electron chi connectivity index (χ1n) is 6.78. The minimum Gasteiger partial charge on any atom is -0.492 e. The summed E-state index contributed by atoms with van der Waals surface area (Å²) in [6.07, 6.45) is 5.23. The van der Waals surface area contributed by atoms with E-state index < -0.39 is 0 Å². The van der Waals surface area contributed by atoms with E-state index in [9.17, 15) is 0 Å². The highest BCUT2D eigenvalue weighted by Crippen LogP contribution is 2.33. The number of fused-ring (bicyclic) bond motifs is 1. The lowest BCUT2D eigenvalue weighted by molar-refractivity contribution is 0.303. The summed E-state index contributed by atoms with van der Waals surface area (Å²) in [4.78, 5) is 4.31. The number of nitrogens with zero attached hydrogens (tertiary/aromatic N) is 2. The Bertz CT molecular complexity index is 651. The largest absolute Gasteiger partial charge is 0.492 e. The molecule has 0 amide bonds. The molecule has 1 aromatic heterocycles. The van der Waals surface area contributed by atoms with E-state index in [1.165, 1.54) is 12.8 Å². The Morgan fingerprint density at radius 1 is 1.40 bits per heavy atom. The third-order valence-electron chi connectivity index (χ3n) is 3.58. The molecular weight excluding hydrogens is 254 g/mol. The van der Waals surface area contributed by atoms with Gasteiger partial charge >= 0.3 is 0 Å². The lowest BCUT2D eigenvalue weighted by atomic mass is 10.1. The number of amidine groups is 1. The molecule has 0 atom stereocenters. The number of oxime groups is 1. The average Bonchev–Trinajstić information content (AvgIpc) is 3.31. The molecule has 0 bridgehead atoms. The van der Waals surface area contributed by atoms with Crippen LogP contribution in [0.15, 0.2) is 35.6 Å². The van der Waals surface area contributed by atoms with Gasteiger partial charge in [-0.05, 0) is 24.5 Å². The summed E-state index contributed by atoms with van der Waals surface area (Å²) >= 11 is 0. The fourth-order valence-corrected chi connectivity index (χ4v) is 2.24. The van der Waals surface area contributed by atoms with Gasteiger partial charge in [0, 0.05) is 11.6 Å². The van der Waals surface area contributed by atoms with Crippen molar-refractivity contribution in [1.82, 2.24) is 4.98 Å². The van der Waals surface area contributed by atoms with Gasteiger partial charge in [0.2, 0.25) is 0 Å². The maximum absolute atomic E-state index is 8.89. The van der Waals surface area contributed by atoms with Gasteiger partial charge in [0.15, 0.2) is 5.84 Å². The fourth-order valence-electron chi connectivity index (χ4n) is 2.24. The van der Waals surface area contributed by atoms with Crippen molar-refractivity contribution in [3.8, 4) is 5.75 Å². The third-order valence-corrected chi connectivity index (χ3v) is 3.58. The predicted octanol–water partition coefficient (Wildman–Crippen LogP) is 2.51. The molecule has 0 unspecified atom stereocenters. The second kappa shape index (κ2) is 5.36. The number of para-hydroxylation sites is 1. The van der Waals surface area contributed by atoms with Gasteiger partial charge < -0.3 is 15.7 Å². The molecule has 1 aliphatic carbocycles. The van der Waals surface area contributed by atoms with Gasteiger partial charge in [-0.1, -0.05) is 30.1 Å². The SMILES string of the molecule is N/C(=N/O)c1cnc2ccccc2c1OCCC1CC1. The van der Waals surface area contributed by atoms with E-state index in [-0.39, 0.29) is 5.84 Å². The number of aromatic nitrogens is 1. The number of benzene rings is 1. The molecule has 5 nitrogen and oxygen atoms in total. The van der Waals surface area contributed by atoms with Gasteiger partial charge in [0.05, 0.1) is 17.7 Å². The molecule has 3 N–H and O–H groups in total. The minimum absolute atomic E-state index is 0.0182. The summed E-state index contributed by atoms with van der Waals surface area (Å²) in [5.74, 6) is 1.46. The maximum Gasteiger partial charge on any atom is 0.175 e. The van der Waals surface area contributed by atoms with Gasteiger partial charge in [-0.2, -0.15) is 0 Å². The quantitative estimate of drug-likeness (QED) is 0.379. The zero-order valence-electron chi connectivity index (χ0n) is 11.1. The molecule has 0 radical (unpaired) electrons. The smallest absolute Gasteiger partial charge is 0.175 e. The van der Waals surface area contributed by atoms with E-state index >= 15 is 0 Å². The van der Waals surface area contributed by atoms with E-state index in [0.717, 1.165) is 23.2 Å². The van der Waals surface area contributed by atoms with Crippen molar-refractivity contribution in [1.29, 1.82) is 0 Å². The monoisotopic (exact) mass is 271 g/mol. The highest BCUT2D eigenvalue weighted by molar-refractivity contribution is 6.04. The summed E-state index contributed by atoms with van der Waals surface area (Å²) in [5.41, 5.74) is 7.08. The first-order chi connectivity index (χ1) is 9.79. The molecule has 1 fully saturated rings. The zero-order valence-corrected chi connectivity index (χ0v) is 11.1. The van der Waals surface area contributed by atoms with Crippen molar-refractivity contribution in [2.75, 3.05) is 6.61 Å². The van der Waals surface area contributed by atoms with Crippen molar-refractivity contribution in [2.24, 2.45) is 16.8 Å². The molecule has 0 saturated heterocycles. The van der Waals surface area contributed by atoms with Crippen molar-refractivity contribution in [3.63, 3.8) is 0 Å². The van der Waals surface area contributed by atoms with Crippen LogP contribution in [0, 0.1) is 5.92 Å². The zero-order chi connectivity index (χ0) is 13.9. The molecule has 0 aliphatic heterocycles. The van der Waals surface area contributed by atoms with Crippen molar-refractivity contribution >= 4 is 16.7 Å². The van der Waals surface area contributed by atoms with Gasteiger partial charge in [-0.25, -0.2) is 0 Å². The van der Waals surface area contributed by atoms with Gasteiger partial charge in [0.1, 0.15) is 5.75 Å². The van der Waals surface area contributed by atoms with Crippen LogP contribution in [-0.4, -0.2) is 22.6 Å². The number of rotatable bonds is 5. The predicted molar refractivity (Wildman–Crippen MR) is 77.1 cm³/mol. The molecule has 1 saturated carbocycles. The highest BCUT2D eigenvalue weighted by Gasteiger charge is 2.21. The van der Waals surface area contributed by atoms with E-state index in [4.69, 9.17) is 15.7 Å². The van der Waals surface area contributed by atoms with Crippen LogP contribution in [0.25, 0.3) is 10.9 Å². The summed E-state index contributed by atoms with van der Waals surface area (Å²) in [6, 6.07) is 7.70. The summed E-state index contributed by atoms with van der Waals surface area (Å²) in [7, 11) is 0. The normalized spacial score (nSPS) is 15.5. The molecule has 1 aromatic carbocycles. The molecule has 1 heterocycles. The van der Waals surface area contributed by atoms with Crippen LogP contribution >= 0.6 is 0 Å². The van der Waals surface area contributed by atoms with Crippen LogP contribution < -0.4 is 10.5 Å². The van der Waals surface area contributed by atoms with Crippen LogP contribution in [0.4, 0.5) is 0 Å². The van der Waals surface area contributed by atoms with Crippen LogP contribution in [0.5, 0.6) is 5.75 Å². The Hall–Kier alpha value is -2.30. The second-order valence-corrected chi connectivity index (χ2v) is 5.08. The van der Waals surface area contributed by atoms with E-state index in [1.807, 2.05) is 24.3 Å². The van der Waals surface area contributed by atoms with Gasteiger partial charge in [-0.3, -0.25) is 4.98 Å². The lowest BCUT2D eigenvalue weighted by Gasteiger charge is -2.13. The Balaban J connectivity index is 1.97. The van der Waals surface area contributed by atoms with Crippen LogP contribution in [-0.2, 0) is 0 Å². The van der Waals surface area contributed by atoms with E-state index in [1.54, 1.807) is 6.20 Å². The molecule has 20 heavy (non-hydrogen) atoms. The first kappa shape index (κ1) is 12.7. The number of nitrogens with two attached hydrogens (primary N) is 1. The summed E-state index contributed by atoms with van der Waals surface area (Å²) < 4.78 is 5.91. The van der Waals surface area contributed by atoms with E-state index in [2.05, 4.69) is 10.1 Å². The molecular formula is C15H17N3O2. The Morgan fingerprint density at radius 3 is 2.95 bits per heavy atom. The van der Waals surface area contributed by atoms with Crippen LogP contribution in [0.3, 0.4) is 0 Å². The van der Waals surface area contributed by atoms with Crippen molar-refractivity contribution in [3.05, 3.63) is 36.0 Å². The number of pyridine rings is 1. The standard InChI is InChI=1S/C15H17N3O2/c16-15(18-19)12-9-17-13-4-2-1-3-11(13)14(12)20-8-7-10-5-6-10/h1-4,9-10,19H,5-8H2,(H2,16,18). The lowest BCUT2D eigenvalue weighted by Crippen LogP contribution is -2.16. The number of ether oxygens (including phenoxy) is 1. The Kier molecular flexibility index (Phi) is 3.41. The molecule has 5 heteroatoms. The van der Waals surface area contributed by atoms with Gasteiger partial charge in [0.25, 0.3) is 0 Å². The minimum atomic E-state index is 0.0182. The van der Waals surface area contributed by atoms with Crippen LogP contribution in [0.1, 0.15) is 24.8 Å². The van der Waals surface area contributed by atoms with E-state index in [0.29, 0.717) is 17.9 Å². The first-order valence-corrected chi connectivity index (χ1v) is 6.78. The topological polar surface area (TPSA) is 80.7 Å². The highest BCUT2D eigenvalue weighted by atomic mass is 16.5. The Morgan fingerprint density at radius 2 is 2.20 bits per heavy atom. The Labute approximate surface area is 117 Å². The summed E-state index contributed by atoms with van der Waals surface area (Å²) in [6.45, 7) is 0.643. The maximum atomic E-state index is 8.89. The fraction of sp³-hybridized carbons (Fsp3) is 0.333. The molecule has 0 spiro atoms. The van der Waals surface area contributed by atoms with Crippen LogP contribution in [0.2, 0.25) is 0 Å². The average molecular weight is 271 g/mol. The molecule has 104 valence electrons. The second-order valence-electron chi connectivity index (χ2n) is 5.08.